The molecule has 0 fully saturated rings. The Labute approximate surface area is 112 Å². The fourth-order valence-corrected chi connectivity index (χ4v) is 2.90. The highest BCUT2D eigenvalue weighted by molar-refractivity contribution is 9.10. The number of hydrogen-bond donors (Lipinski definition) is 1. The molecule has 1 N–H and O–H groups in total. The number of benzene rings is 1. The number of likely N-dealkylation sites (N-methyl/N-ethyl adjacent to an activating group) is 1. The van der Waals surface area contributed by atoms with Crippen molar-refractivity contribution >= 4 is 15.9 Å². The first-order chi connectivity index (χ1) is 8.10. The molecule has 0 saturated heterocycles. The van der Waals surface area contributed by atoms with Gasteiger partial charge in [0.05, 0.1) is 0 Å². The molecule has 1 aromatic carbocycles. The Morgan fingerprint density at radius 3 is 2.59 bits per heavy atom. The summed E-state index contributed by atoms with van der Waals surface area (Å²) in [6.45, 7) is 7.47. The number of rotatable bonds is 6. The molecule has 3 heteroatoms. The lowest BCUT2D eigenvalue weighted by molar-refractivity contribution is 0.428. The summed E-state index contributed by atoms with van der Waals surface area (Å²) >= 11 is 3.45. The maximum Gasteiger partial charge on any atom is 0.124 e. The van der Waals surface area contributed by atoms with Gasteiger partial charge in [0.2, 0.25) is 0 Å². The predicted molar refractivity (Wildman–Crippen MR) is 74.9 cm³/mol. The van der Waals surface area contributed by atoms with E-state index in [1.54, 1.807) is 6.07 Å². The minimum atomic E-state index is -0.191. The third kappa shape index (κ3) is 4.07. The molecule has 0 spiro atoms. The SMILES string of the molecule is CCCC(NCC)C(C)c1ccc(F)cc1Br. The van der Waals surface area contributed by atoms with Crippen LogP contribution in [0.5, 0.6) is 0 Å². The van der Waals surface area contributed by atoms with Gasteiger partial charge in [-0.1, -0.05) is 49.2 Å². The molecule has 0 aliphatic heterocycles. The van der Waals surface area contributed by atoms with Gasteiger partial charge in [-0.05, 0) is 36.6 Å². The van der Waals surface area contributed by atoms with E-state index in [0.29, 0.717) is 12.0 Å². The summed E-state index contributed by atoms with van der Waals surface area (Å²) in [4.78, 5) is 0. The molecule has 0 amide bonds. The van der Waals surface area contributed by atoms with Crippen LogP contribution in [0.2, 0.25) is 0 Å². The monoisotopic (exact) mass is 301 g/mol. The van der Waals surface area contributed by atoms with Crippen molar-refractivity contribution in [3.63, 3.8) is 0 Å². The van der Waals surface area contributed by atoms with Gasteiger partial charge in [0.1, 0.15) is 5.82 Å². The summed E-state index contributed by atoms with van der Waals surface area (Å²) in [6, 6.07) is 5.41. The quantitative estimate of drug-likeness (QED) is 0.817. The minimum Gasteiger partial charge on any atom is -0.314 e. The van der Waals surface area contributed by atoms with Crippen LogP contribution in [0.4, 0.5) is 4.39 Å². The molecule has 0 bridgehead atoms. The van der Waals surface area contributed by atoms with Crippen molar-refractivity contribution in [3.05, 3.63) is 34.1 Å². The van der Waals surface area contributed by atoms with Crippen molar-refractivity contribution in [1.82, 2.24) is 5.32 Å². The molecule has 1 rings (SSSR count). The molecule has 0 saturated carbocycles. The fourth-order valence-electron chi connectivity index (χ4n) is 2.19. The zero-order chi connectivity index (χ0) is 12.8. The second-order valence-corrected chi connectivity index (χ2v) is 5.26. The summed E-state index contributed by atoms with van der Waals surface area (Å²) in [7, 11) is 0. The van der Waals surface area contributed by atoms with E-state index < -0.39 is 0 Å². The molecule has 1 aromatic rings. The number of hydrogen-bond acceptors (Lipinski definition) is 1. The lowest BCUT2D eigenvalue weighted by Gasteiger charge is -2.25. The Hall–Kier alpha value is -0.410. The van der Waals surface area contributed by atoms with Crippen LogP contribution in [0, 0.1) is 5.82 Å². The summed E-state index contributed by atoms with van der Waals surface area (Å²) < 4.78 is 13.9. The highest BCUT2D eigenvalue weighted by Crippen LogP contribution is 2.29. The molecule has 0 aliphatic carbocycles. The molecule has 17 heavy (non-hydrogen) atoms. The molecule has 0 heterocycles. The minimum absolute atomic E-state index is 0.191. The zero-order valence-corrected chi connectivity index (χ0v) is 12.3. The Bertz CT molecular complexity index is 348. The van der Waals surface area contributed by atoms with Crippen LogP contribution in [0.25, 0.3) is 0 Å². The first-order valence-electron chi connectivity index (χ1n) is 6.28. The highest BCUT2D eigenvalue weighted by atomic mass is 79.9. The van der Waals surface area contributed by atoms with Crippen molar-refractivity contribution in [3.8, 4) is 0 Å². The van der Waals surface area contributed by atoms with E-state index in [1.807, 2.05) is 6.07 Å². The maximum absolute atomic E-state index is 13.1. The van der Waals surface area contributed by atoms with E-state index in [0.717, 1.165) is 23.9 Å². The highest BCUT2D eigenvalue weighted by Gasteiger charge is 2.19. The molecule has 2 unspecified atom stereocenters. The first kappa shape index (κ1) is 14.7. The molecular formula is C14H21BrFN. The standard InChI is InChI=1S/C14H21BrFN/c1-4-6-14(17-5-2)10(3)12-8-7-11(16)9-13(12)15/h7-10,14,17H,4-6H2,1-3H3. The lowest BCUT2D eigenvalue weighted by Crippen LogP contribution is -2.33. The lowest BCUT2D eigenvalue weighted by atomic mass is 9.90. The van der Waals surface area contributed by atoms with Gasteiger partial charge < -0.3 is 5.32 Å². The van der Waals surface area contributed by atoms with Crippen molar-refractivity contribution < 1.29 is 4.39 Å². The summed E-state index contributed by atoms with van der Waals surface area (Å²) in [5.74, 6) is 0.188. The van der Waals surface area contributed by atoms with Crippen LogP contribution in [-0.2, 0) is 0 Å². The normalized spacial score (nSPS) is 14.6. The van der Waals surface area contributed by atoms with E-state index in [4.69, 9.17) is 0 Å². The molecule has 0 aliphatic rings. The average molecular weight is 302 g/mol. The van der Waals surface area contributed by atoms with Gasteiger partial charge in [0.15, 0.2) is 0 Å². The Balaban J connectivity index is 2.88. The third-order valence-electron chi connectivity index (χ3n) is 3.12. The maximum atomic E-state index is 13.1. The molecule has 0 radical (unpaired) electrons. The van der Waals surface area contributed by atoms with Crippen LogP contribution in [-0.4, -0.2) is 12.6 Å². The van der Waals surface area contributed by atoms with Crippen molar-refractivity contribution in [2.75, 3.05) is 6.54 Å². The van der Waals surface area contributed by atoms with Crippen LogP contribution in [0.1, 0.15) is 45.1 Å². The smallest absolute Gasteiger partial charge is 0.124 e. The van der Waals surface area contributed by atoms with Gasteiger partial charge in [0.25, 0.3) is 0 Å². The second kappa shape index (κ2) is 7.12. The van der Waals surface area contributed by atoms with Crippen LogP contribution in [0.15, 0.2) is 22.7 Å². The number of halogens is 2. The van der Waals surface area contributed by atoms with Crippen molar-refractivity contribution in [2.45, 2.75) is 45.6 Å². The van der Waals surface area contributed by atoms with E-state index >= 15 is 0 Å². The van der Waals surface area contributed by atoms with E-state index in [-0.39, 0.29) is 5.82 Å². The van der Waals surface area contributed by atoms with Crippen LogP contribution < -0.4 is 5.32 Å². The fraction of sp³-hybridized carbons (Fsp3) is 0.571. The first-order valence-corrected chi connectivity index (χ1v) is 7.07. The van der Waals surface area contributed by atoms with E-state index in [1.165, 1.54) is 11.6 Å². The predicted octanol–water partition coefficient (Wildman–Crippen LogP) is 4.47. The third-order valence-corrected chi connectivity index (χ3v) is 3.81. The molecule has 1 nitrogen and oxygen atoms in total. The van der Waals surface area contributed by atoms with Gasteiger partial charge in [-0.25, -0.2) is 4.39 Å². The van der Waals surface area contributed by atoms with Gasteiger partial charge in [-0.3, -0.25) is 0 Å². The molecular weight excluding hydrogens is 281 g/mol. The van der Waals surface area contributed by atoms with Crippen LogP contribution >= 0.6 is 15.9 Å². The largest absolute Gasteiger partial charge is 0.314 e. The summed E-state index contributed by atoms with van der Waals surface area (Å²) in [6.07, 6.45) is 2.29. The van der Waals surface area contributed by atoms with Gasteiger partial charge in [-0.2, -0.15) is 0 Å². The Morgan fingerprint density at radius 1 is 1.35 bits per heavy atom. The van der Waals surface area contributed by atoms with Gasteiger partial charge in [0, 0.05) is 10.5 Å². The Morgan fingerprint density at radius 2 is 2.06 bits per heavy atom. The average Bonchev–Trinajstić information content (AvgIpc) is 2.28. The van der Waals surface area contributed by atoms with Gasteiger partial charge in [-0.15, -0.1) is 0 Å². The summed E-state index contributed by atoms with van der Waals surface area (Å²) in [5.41, 5.74) is 1.17. The van der Waals surface area contributed by atoms with Crippen LogP contribution in [0.3, 0.4) is 0 Å². The second-order valence-electron chi connectivity index (χ2n) is 4.41. The molecule has 0 aromatic heterocycles. The topological polar surface area (TPSA) is 12.0 Å². The number of nitrogens with one attached hydrogen (secondary N) is 1. The van der Waals surface area contributed by atoms with Crippen molar-refractivity contribution in [1.29, 1.82) is 0 Å². The zero-order valence-electron chi connectivity index (χ0n) is 10.8. The van der Waals surface area contributed by atoms with Crippen molar-refractivity contribution in [2.24, 2.45) is 0 Å². The molecule has 2 atom stereocenters. The van der Waals surface area contributed by atoms with E-state index in [9.17, 15) is 4.39 Å². The summed E-state index contributed by atoms with van der Waals surface area (Å²) in [5, 5.41) is 3.51. The van der Waals surface area contributed by atoms with E-state index in [2.05, 4.69) is 42.0 Å². The van der Waals surface area contributed by atoms with Gasteiger partial charge >= 0.3 is 0 Å². The molecule has 96 valence electrons. The Kier molecular flexibility index (Phi) is 6.14.